The van der Waals surface area contributed by atoms with Crippen molar-refractivity contribution >= 4 is 22.9 Å². The lowest BCUT2D eigenvalue weighted by Crippen LogP contribution is -2.05. The van der Waals surface area contributed by atoms with E-state index in [2.05, 4.69) is 21.3 Å². The van der Waals surface area contributed by atoms with Crippen LogP contribution < -0.4 is 4.80 Å². The zero-order chi connectivity index (χ0) is 11.7. The molecule has 0 bridgehead atoms. The van der Waals surface area contributed by atoms with E-state index in [4.69, 9.17) is 0 Å². The Bertz CT molecular complexity index is 712. The van der Waals surface area contributed by atoms with Crippen molar-refractivity contribution in [1.29, 1.82) is 0 Å². The molecule has 84 valence electrons. The van der Waals surface area contributed by atoms with Gasteiger partial charge in [-0.2, -0.15) is 4.37 Å². The summed E-state index contributed by atoms with van der Waals surface area (Å²) in [5.41, 5.74) is 3.02. The second-order valence-electron chi connectivity index (χ2n) is 3.71. The first-order chi connectivity index (χ1) is 8.33. The summed E-state index contributed by atoms with van der Waals surface area (Å²) in [6.45, 7) is 2.05. The van der Waals surface area contributed by atoms with Crippen molar-refractivity contribution in [1.82, 2.24) is 13.8 Å². The predicted molar refractivity (Wildman–Crippen MR) is 67.3 cm³/mol. The first kappa shape index (κ1) is 10.2. The van der Waals surface area contributed by atoms with Gasteiger partial charge in [-0.1, -0.05) is 0 Å². The van der Waals surface area contributed by atoms with Gasteiger partial charge in [-0.3, -0.25) is 9.38 Å². The third-order valence-electron chi connectivity index (χ3n) is 2.40. The number of aryl methyl sites for hydroxylation is 1. The lowest BCUT2D eigenvalue weighted by molar-refractivity contribution is 1.08. The van der Waals surface area contributed by atoms with Crippen LogP contribution in [-0.4, -0.2) is 13.8 Å². The number of nitrogens with zero attached hydrogens (tertiary/aromatic N) is 4. The smallest absolute Gasteiger partial charge is 0.213 e. The average Bonchev–Trinajstić information content (AvgIpc) is 2.73. The van der Waals surface area contributed by atoms with Crippen molar-refractivity contribution in [2.45, 2.75) is 6.92 Å². The largest absolute Gasteiger partial charge is 0.275 e. The topological polar surface area (TPSA) is 42.5 Å². The number of aromatic nitrogens is 3. The Morgan fingerprint density at radius 2 is 2.06 bits per heavy atom. The number of hydrogen-bond acceptors (Lipinski definition) is 4. The predicted octanol–water partition coefficient (Wildman–Crippen LogP) is 2.33. The fourth-order valence-corrected chi connectivity index (χ4v) is 2.26. The Morgan fingerprint density at radius 3 is 2.88 bits per heavy atom. The number of pyridine rings is 2. The molecule has 0 aromatic carbocycles. The van der Waals surface area contributed by atoms with Crippen LogP contribution in [0.2, 0.25) is 0 Å². The van der Waals surface area contributed by atoms with Gasteiger partial charge in [0.25, 0.3) is 0 Å². The first-order valence-corrected chi connectivity index (χ1v) is 6.00. The molecule has 3 heterocycles. The molecule has 0 saturated carbocycles. The highest BCUT2D eigenvalue weighted by Crippen LogP contribution is 2.08. The molecule has 0 aliphatic carbocycles. The molecular weight excluding hydrogens is 232 g/mol. The molecule has 0 saturated heterocycles. The standard InChI is InChI=1S/C12H10N4S/c1-9-4-7-16-11(8-9)15-17-12(16)14-10-2-5-13-6-3-10/h2-8H,1H3/b14-12-. The van der Waals surface area contributed by atoms with Gasteiger partial charge in [-0.25, -0.2) is 4.99 Å². The quantitative estimate of drug-likeness (QED) is 0.657. The highest BCUT2D eigenvalue weighted by atomic mass is 32.1. The van der Waals surface area contributed by atoms with Crippen LogP contribution in [0.4, 0.5) is 5.69 Å². The molecule has 0 spiro atoms. The highest BCUT2D eigenvalue weighted by Gasteiger charge is 1.98. The van der Waals surface area contributed by atoms with Crippen LogP contribution >= 0.6 is 11.5 Å². The fourth-order valence-electron chi connectivity index (χ4n) is 1.56. The second kappa shape index (κ2) is 4.10. The van der Waals surface area contributed by atoms with Gasteiger partial charge in [0.1, 0.15) is 0 Å². The minimum atomic E-state index is 0.867. The Labute approximate surface area is 102 Å². The Morgan fingerprint density at radius 1 is 1.24 bits per heavy atom. The zero-order valence-electron chi connectivity index (χ0n) is 9.24. The van der Waals surface area contributed by atoms with Gasteiger partial charge >= 0.3 is 0 Å². The van der Waals surface area contributed by atoms with E-state index in [1.54, 1.807) is 12.4 Å². The normalized spacial score (nSPS) is 12.2. The molecule has 0 aliphatic rings. The third kappa shape index (κ3) is 1.97. The molecule has 0 unspecified atom stereocenters. The van der Waals surface area contributed by atoms with Crippen molar-refractivity contribution in [3.8, 4) is 0 Å². The van der Waals surface area contributed by atoms with E-state index in [-0.39, 0.29) is 0 Å². The summed E-state index contributed by atoms with van der Waals surface area (Å²) in [4.78, 5) is 9.37. The Balaban J connectivity index is 2.22. The zero-order valence-corrected chi connectivity index (χ0v) is 10.1. The molecule has 0 atom stereocenters. The average molecular weight is 242 g/mol. The third-order valence-corrected chi connectivity index (χ3v) is 3.13. The van der Waals surface area contributed by atoms with Gasteiger partial charge in [0.2, 0.25) is 4.80 Å². The van der Waals surface area contributed by atoms with Gasteiger partial charge in [0, 0.05) is 30.1 Å². The highest BCUT2D eigenvalue weighted by molar-refractivity contribution is 7.03. The van der Waals surface area contributed by atoms with Gasteiger partial charge < -0.3 is 0 Å². The summed E-state index contributed by atoms with van der Waals surface area (Å²) in [6.07, 6.45) is 5.46. The van der Waals surface area contributed by atoms with Crippen LogP contribution in [-0.2, 0) is 0 Å². The van der Waals surface area contributed by atoms with Gasteiger partial charge in [0.15, 0.2) is 5.65 Å². The lowest BCUT2D eigenvalue weighted by Gasteiger charge is -1.94. The monoisotopic (exact) mass is 242 g/mol. The summed E-state index contributed by atoms with van der Waals surface area (Å²) >= 11 is 1.39. The summed E-state index contributed by atoms with van der Waals surface area (Å²) in [7, 11) is 0. The molecule has 0 amide bonds. The van der Waals surface area contributed by atoms with Crippen molar-refractivity contribution < 1.29 is 0 Å². The van der Waals surface area contributed by atoms with E-state index in [0.717, 1.165) is 16.1 Å². The van der Waals surface area contributed by atoms with Crippen LogP contribution in [0.25, 0.3) is 5.65 Å². The van der Waals surface area contributed by atoms with E-state index in [1.807, 2.05) is 34.9 Å². The van der Waals surface area contributed by atoms with Crippen molar-refractivity contribution in [2.24, 2.45) is 4.99 Å². The molecule has 0 N–H and O–H groups in total. The molecule has 0 radical (unpaired) electrons. The fraction of sp³-hybridized carbons (Fsp3) is 0.0833. The van der Waals surface area contributed by atoms with Gasteiger partial charge in [0.05, 0.1) is 5.69 Å². The number of hydrogen-bond donors (Lipinski definition) is 0. The number of rotatable bonds is 1. The maximum atomic E-state index is 4.54. The summed E-state index contributed by atoms with van der Waals surface area (Å²) in [5.74, 6) is 0. The second-order valence-corrected chi connectivity index (χ2v) is 4.44. The molecule has 5 heteroatoms. The van der Waals surface area contributed by atoms with Crippen LogP contribution in [0, 0.1) is 6.92 Å². The summed E-state index contributed by atoms with van der Waals surface area (Å²) in [5, 5.41) is 0. The number of fused-ring (bicyclic) bond motifs is 1. The summed E-state index contributed by atoms with van der Waals surface area (Å²) < 4.78 is 6.36. The van der Waals surface area contributed by atoms with E-state index in [9.17, 15) is 0 Å². The molecule has 17 heavy (non-hydrogen) atoms. The van der Waals surface area contributed by atoms with E-state index in [1.165, 1.54) is 17.1 Å². The van der Waals surface area contributed by atoms with E-state index in [0.29, 0.717) is 0 Å². The molecule has 4 nitrogen and oxygen atoms in total. The summed E-state index contributed by atoms with van der Waals surface area (Å²) in [6, 6.07) is 7.84. The molecule has 3 aromatic rings. The maximum Gasteiger partial charge on any atom is 0.213 e. The van der Waals surface area contributed by atoms with Crippen molar-refractivity contribution in [2.75, 3.05) is 0 Å². The van der Waals surface area contributed by atoms with Gasteiger partial charge in [-0.15, -0.1) is 0 Å². The van der Waals surface area contributed by atoms with Crippen LogP contribution in [0.3, 0.4) is 0 Å². The first-order valence-electron chi connectivity index (χ1n) is 5.22. The van der Waals surface area contributed by atoms with Crippen molar-refractivity contribution in [3.05, 3.63) is 53.2 Å². The molecule has 0 fully saturated rings. The van der Waals surface area contributed by atoms with Crippen LogP contribution in [0.1, 0.15) is 5.56 Å². The van der Waals surface area contributed by atoms with Crippen LogP contribution in [0.5, 0.6) is 0 Å². The van der Waals surface area contributed by atoms with E-state index < -0.39 is 0 Å². The molecule has 3 aromatic heterocycles. The van der Waals surface area contributed by atoms with Gasteiger partial charge in [-0.05, 0) is 36.8 Å². The van der Waals surface area contributed by atoms with Crippen molar-refractivity contribution in [3.63, 3.8) is 0 Å². The minimum Gasteiger partial charge on any atom is -0.275 e. The maximum absolute atomic E-state index is 4.54. The Hall–Kier alpha value is -2.01. The molecule has 0 aliphatic heterocycles. The van der Waals surface area contributed by atoms with Crippen LogP contribution in [0.15, 0.2) is 47.8 Å². The molecule has 3 rings (SSSR count). The SMILES string of the molecule is Cc1ccn2/c(=N/c3ccncc3)snc2c1. The Kier molecular flexibility index (Phi) is 2.45. The van der Waals surface area contributed by atoms with E-state index >= 15 is 0 Å². The molecular formula is C12H10N4S. The lowest BCUT2D eigenvalue weighted by atomic mass is 10.3. The minimum absolute atomic E-state index is 0.867.